The van der Waals surface area contributed by atoms with Crippen molar-refractivity contribution in [1.29, 1.82) is 0 Å². The van der Waals surface area contributed by atoms with Crippen molar-refractivity contribution in [2.24, 2.45) is 0 Å². The summed E-state index contributed by atoms with van der Waals surface area (Å²) in [5, 5.41) is 9.20. The molecule has 1 aromatic heterocycles. The molecule has 9 heteroatoms. The molecular weight excluding hydrogens is 240 g/mol. The van der Waals surface area contributed by atoms with Crippen molar-refractivity contribution in [2.45, 2.75) is 0 Å². The molecule has 0 fully saturated rings. The predicted octanol–water partition coefficient (Wildman–Crippen LogP) is -1.15. The topological polar surface area (TPSA) is 110 Å². The summed E-state index contributed by atoms with van der Waals surface area (Å²) in [5.74, 6) is 0.659. The first-order valence-corrected chi connectivity index (χ1v) is 5.18. The van der Waals surface area contributed by atoms with Gasteiger partial charge in [-0.05, 0) is 0 Å². The Kier molecular flexibility index (Phi) is 5.49. The highest BCUT2D eigenvalue weighted by molar-refractivity contribution is 5.42. The van der Waals surface area contributed by atoms with Crippen LogP contribution in [0.15, 0.2) is 0 Å². The average Bonchev–Trinajstić information content (AvgIpc) is 2.35. The smallest absolute Gasteiger partial charge is 0.235 e. The molecule has 18 heavy (non-hydrogen) atoms. The van der Waals surface area contributed by atoms with E-state index in [1.165, 1.54) is 12.0 Å². The van der Waals surface area contributed by atoms with E-state index in [2.05, 4.69) is 15.0 Å². The van der Waals surface area contributed by atoms with Crippen LogP contribution >= 0.6 is 0 Å². The first-order chi connectivity index (χ1) is 8.62. The molecule has 1 heterocycles. The van der Waals surface area contributed by atoms with Crippen molar-refractivity contribution in [3.63, 3.8) is 0 Å². The van der Waals surface area contributed by atoms with Gasteiger partial charge in [-0.25, -0.2) is 0 Å². The predicted molar refractivity (Wildman–Crippen MR) is 66.0 cm³/mol. The molecule has 3 N–H and O–H groups in total. The molecule has 0 aromatic carbocycles. The number of ether oxygens (including phenoxy) is 2. The van der Waals surface area contributed by atoms with Crippen LogP contribution < -0.4 is 15.5 Å². The molecule has 1 rings (SSSR count). The number of nitrogens with two attached hydrogens (primary N) is 1. The van der Waals surface area contributed by atoms with Gasteiger partial charge in [-0.1, -0.05) is 0 Å². The van der Waals surface area contributed by atoms with Crippen molar-refractivity contribution >= 4 is 17.8 Å². The summed E-state index contributed by atoms with van der Waals surface area (Å²) in [5.41, 5.74) is 5.60. The third-order valence-corrected chi connectivity index (χ3v) is 2.03. The SMILES string of the molecule is COCN(C)c1nc(N)nc(N(CO)COC)n1. The quantitative estimate of drug-likeness (QED) is 0.586. The number of nitrogens with zero attached hydrogens (tertiary/aromatic N) is 5. The van der Waals surface area contributed by atoms with Gasteiger partial charge in [0.15, 0.2) is 0 Å². The second-order valence-electron chi connectivity index (χ2n) is 3.51. The molecular formula is C9H18N6O3. The van der Waals surface area contributed by atoms with E-state index in [0.29, 0.717) is 12.7 Å². The fourth-order valence-corrected chi connectivity index (χ4v) is 1.25. The number of rotatable bonds is 7. The zero-order valence-corrected chi connectivity index (χ0v) is 10.7. The molecule has 0 aliphatic rings. The first kappa shape index (κ1) is 14.4. The van der Waals surface area contributed by atoms with Gasteiger partial charge in [-0.2, -0.15) is 15.0 Å². The van der Waals surface area contributed by atoms with Gasteiger partial charge in [-0.15, -0.1) is 0 Å². The molecule has 0 radical (unpaired) electrons. The maximum atomic E-state index is 9.20. The third-order valence-electron chi connectivity index (χ3n) is 2.03. The van der Waals surface area contributed by atoms with Crippen LogP contribution in [0, 0.1) is 0 Å². The van der Waals surface area contributed by atoms with Crippen molar-refractivity contribution in [2.75, 3.05) is 57.0 Å². The second-order valence-corrected chi connectivity index (χ2v) is 3.51. The number of aliphatic hydroxyl groups is 1. The summed E-state index contributed by atoms with van der Waals surface area (Å²) in [6, 6.07) is 0. The zero-order chi connectivity index (χ0) is 13.5. The second kappa shape index (κ2) is 6.89. The Bertz CT molecular complexity index is 377. The third kappa shape index (κ3) is 3.65. The standard InChI is InChI=1S/C9H18N6O3/c1-14(5-17-2)8-11-7(10)12-9(13-8)15(4-16)6-18-3/h16H,4-6H2,1-3H3,(H2,10,11,12,13). The molecule has 0 atom stereocenters. The van der Waals surface area contributed by atoms with E-state index in [-0.39, 0.29) is 25.4 Å². The monoisotopic (exact) mass is 258 g/mol. The van der Waals surface area contributed by atoms with E-state index in [4.69, 9.17) is 15.2 Å². The minimum atomic E-state index is -0.287. The fraction of sp³-hybridized carbons (Fsp3) is 0.667. The number of methoxy groups -OCH3 is 2. The summed E-state index contributed by atoms with van der Waals surface area (Å²) >= 11 is 0. The Morgan fingerprint density at radius 1 is 1.11 bits per heavy atom. The highest BCUT2D eigenvalue weighted by atomic mass is 16.5. The summed E-state index contributed by atoms with van der Waals surface area (Å²) in [6.07, 6.45) is 0. The summed E-state index contributed by atoms with van der Waals surface area (Å²) in [4.78, 5) is 15.2. The molecule has 102 valence electrons. The Labute approximate surface area is 105 Å². The van der Waals surface area contributed by atoms with Gasteiger partial charge in [-0.3, -0.25) is 4.90 Å². The molecule has 9 nitrogen and oxygen atoms in total. The number of hydrogen-bond acceptors (Lipinski definition) is 9. The summed E-state index contributed by atoms with van der Waals surface area (Å²) < 4.78 is 9.89. The largest absolute Gasteiger partial charge is 0.376 e. The molecule has 0 spiro atoms. The lowest BCUT2D eigenvalue weighted by atomic mass is 10.7. The zero-order valence-electron chi connectivity index (χ0n) is 10.7. The minimum Gasteiger partial charge on any atom is -0.376 e. The van der Waals surface area contributed by atoms with E-state index >= 15 is 0 Å². The number of aliphatic hydroxyl groups excluding tert-OH is 1. The van der Waals surface area contributed by atoms with E-state index in [9.17, 15) is 5.11 Å². The number of anilines is 3. The van der Waals surface area contributed by atoms with Crippen molar-refractivity contribution in [3.8, 4) is 0 Å². The molecule has 0 aliphatic heterocycles. The van der Waals surface area contributed by atoms with Crippen LogP contribution in [-0.2, 0) is 9.47 Å². The fourth-order valence-electron chi connectivity index (χ4n) is 1.25. The average molecular weight is 258 g/mol. The molecule has 0 saturated heterocycles. The lowest BCUT2D eigenvalue weighted by Gasteiger charge is -2.21. The Balaban J connectivity index is 2.98. The van der Waals surface area contributed by atoms with Crippen LogP contribution in [0.3, 0.4) is 0 Å². The van der Waals surface area contributed by atoms with E-state index in [1.54, 1.807) is 19.1 Å². The van der Waals surface area contributed by atoms with Gasteiger partial charge in [0.25, 0.3) is 0 Å². The van der Waals surface area contributed by atoms with E-state index < -0.39 is 0 Å². The van der Waals surface area contributed by atoms with Crippen molar-refractivity contribution in [1.82, 2.24) is 15.0 Å². The number of nitrogen functional groups attached to an aromatic ring is 1. The maximum absolute atomic E-state index is 9.20. The first-order valence-electron chi connectivity index (χ1n) is 5.18. The Hall–Kier alpha value is -1.71. The molecule has 0 saturated carbocycles. The van der Waals surface area contributed by atoms with Crippen LogP contribution in [0.5, 0.6) is 0 Å². The highest BCUT2D eigenvalue weighted by Gasteiger charge is 2.13. The van der Waals surface area contributed by atoms with E-state index in [0.717, 1.165) is 0 Å². The van der Waals surface area contributed by atoms with Gasteiger partial charge in [0.2, 0.25) is 17.8 Å². The molecule has 1 aromatic rings. The van der Waals surface area contributed by atoms with Gasteiger partial charge in [0.05, 0.1) is 0 Å². The highest BCUT2D eigenvalue weighted by Crippen LogP contribution is 2.13. The van der Waals surface area contributed by atoms with Crippen LogP contribution in [0.4, 0.5) is 17.8 Å². The van der Waals surface area contributed by atoms with Crippen molar-refractivity contribution in [3.05, 3.63) is 0 Å². The van der Waals surface area contributed by atoms with Crippen LogP contribution in [0.1, 0.15) is 0 Å². The van der Waals surface area contributed by atoms with Crippen LogP contribution in [0.2, 0.25) is 0 Å². The van der Waals surface area contributed by atoms with Gasteiger partial charge >= 0.3 is 0 Å². The number of hydrogen-bond donors (Lipinski definition) is 2. The van der Waals surface area contributed by atoms with Gasteiger partial charge in [0.1, 0.15) is 20.2 Å². The Morgan fingerprint density at radius 2 is 1.72 bits per heavy atom. The van der Waals surface area contributed by atoms with Crippen molar-refractivity contribution < 1.29 is 14.6 Å². The minimum absolute atomic E-state index is 0.0625. The van der Waals surface area contributed by atoms with Crippen LogP contribution in [-0.4, -0.2) is 61.5 Å². The van der Waals surface area contributed by atoms with E-state index in [1.807, 2.05) is 0 Å². The molecule has 0 amide bonds. The molecule has 0 unspecified atom stereocenters. The normalized spacial score (nSPS) is 10.4. The van der Waals surface area contributed by atoms with Gasteiger partial charge < -0.3 is 25.2 Å². The maximum Gasteiger partial charge on any atom is 0.235 e. The molecule has 0 aliphatic carbocycles. The number of aromatic nitrogens is 3. The van der Waals surface area contributed by atoms with Crippen LogP contribution in [0.25, 0.3) is 0 Å². The summed E-state index contributed by atoms with van der Waals surface area (Å²) in [7, 11) is 4.82. The molecule has 0 bridgehead atoms. The van der Waals surface area contributed by atoms with Gasteiger partial charge in [0, 0.05) is 21.3 Å². The lowest BCUT2D eigenvalue weighted by Crippen LogP contribution is -2.30. The lowest BCUT2D eigenvalue weighted by molar-refractivity contribution is 0.166. The Morgan fingerprint density at radius 3 is 2.28 bits per heavy atom. The summed E-state index contributed by atoms with van der Waals surface area (Å²) in [6.45, 7) is 0.171.